The molecule has 6 heteroatoms. The number of rotatable bonds is 5. The summed E-state index contributed by atoms with van der Waals surface area (Å²) < 4.78 is 7.23. The van der Waals surface area contributed by atoms with Crippen LogP contribution >= 0.6 is 24.0 Å². The van der Waals surface area contributed by atoms with Crippen LogP contribution in [0, 0.1) is 6.92 Å². The average Bonchev–Trinajstić information content (AvgIpc) is 2.45. The normalized spacial score (nSPS) is 19.6. The molecule has 0 bridgehead atoms. The fourth-order valence-electron chi connectivity index (χ4n) is 2.48. The van der Waals surface area contributed by atoms with Crippen LogP contribution in [0.25, 0.3) is 0 Å². The molecule has 1 aromatic carbocycles. The second-order valence-electron chi connectivity index (χ2n) is 8.21. The standard InChI is InChI=1S/C19H29NO2S2Si/c1-13-8-10-15(11-9-13)18(23)24-17-12-16(21)20(17)14(2)22-25(6,7)19(3,4)5/h8-11,14,17H,12H2,1-7H3. The van der Waals surface area contributed by atoms with Crippen LogP contribution < -0.4 is 0 Å². The monoisotopic (exact) mass is 395 g/mol. The molecule has 138 valence electrons. The lowest BCUT2D eigenvalue weighted by Crippen LogP contribution is -2.59. The number of thiocarbonyl (C=S) groups is 1. The number of hydrogen-bond acceptors (Lipinski definition) is 4. The summed E-state index contributed by atoms with van der Waals surface area (Å²) in [5.41, 5.74) is 2.26. The molecule has 0 radical (unpaired) electrons. The highest BCUT2D eigenvalue weighted by atomic mass is 32.2. The van der Waals surface area contributed by atoms with Crippen LogP contribution in [0.2, 0.25) is 18.1 Å². The highest BCUT2D eigenvalue weighted by molar-refractivity contribution is 8.24. The predicted octanol–water partition coefficient (Wildman–Crippen LogP) is 5.33. The first kappa shape index (κ1) is 20.6. The molecule has 2 atom stereocenters. The highest BCUT2D eigenvalue weighted by Gasteiger charge is 2.45. The summed E-state index contributed by atoms with van der Waals surface area (Å²) in [6.07, 6.45) is 0.322. The number of carbonyl (C=O) groups excluding carboxylic acids is 1. The van der Waals surface area contributed by atoms with Gasteiger partial charge in [0, 0.05) is 0 Å². The second-order valence-corrected chi connectivity index (χ2v) is 14.8. The Bertz CT molecular complexity index is 652. The van der Waals surface area contributed by atoms with Crippen LogP contribution in [-0.2, 0) is 9.22 Å². The number of β-lactam (4-membered cyclic amide) rings is 1. The van der Waals surface area contributed by atoms with Crippen molar-refractivity contribution in [3.05, 3.63) is 35.4 Å². The van der Waals surface area contributed by atoms with Gasteiger partial charge in [0.15, 0.2) is 8.32 Å². The van der Waals surface area contributed by atoms with E-state index in [-0.39, 0.29) is 22.5 Å². The minimum atomic E-state index is -1.92. The molecule has 0 aromatic heterocycles. The number of nitrogens with zero attached hydrogens (tertiary/aromatic N) is 1. The Kier molecular flexibility index (Phi) is 6.19. The maximum Gasteiger partial charge on any atom is 0.228 e. The van der Waals surface area contributed by atoms with E-state index in [0.717, 1.165) is 9.76 Å². The van der Waals surface area contributed by atoms with E-state index >= 15 is 0 Å². The number of hydrogen-bond donors (Lipinski definition) is 0. The van der Waals surface area contributed by atoms with Crippen molar-refractivity contribution in [1.29, 1.82) is 0 Å². The Balaban J connectivity index is 2.02. The summed E-state index contributed by atoms with van der Waals surface area (Å²) >= 11 is 7.17. The van der Waals surface area contributed by atoms with Gasteiger partial charge >= 0.3 is 0 Å². The van der Waals surface area contributed by atoms with E-state index in [9.17, 15) is 4.79 Å². The molecule has 0 spiro atoms. The SMILES string of the molecule is Cc1ccc(C(=S)SC2CC(=O)N2C(C)O[Si](C)(C)C(C)(C)C)cc1. The molecule has 1 aliphatic rings. The van der Waals surface area contributed by atoms with Crippen molar-refractivity contribution < 1.29 is 9.22 Å². The van der Waals surface area contributed by atoms with E-state index in [0.29, 0.717) is 6.42 Å². The Morgan fingerprint density at radius 2 is 1.88 bits per heavy atom. The van der Waals surface area contributed by atoms with Crippen LogP contribution in [0.15, 0.2) is 24.3 Å². The first-order chi connectivity index (χ1) is 11.4. The molecule has 2 unspecified atom stereocenters. The van der Waals surface area contributed by atoms with Crippen molar-refractivity contribution >= 4 is 42.4 Å². The Morgan fingerprint density at radius 3 is 2.36 bits per heavy atom. The van der Waals surface area contributed by atoms with Crippen LogP contribution in [0.1, 0.15) is 45.2 Å². The van der Waals surface area contributed by atoms with E-state index in [1.54, 1.807) is 11.8 Å². The summed E-state index contributed by atoms with van der Waals surface area (Å²) in [5, 5.41) is 0.190. The molecule has 1 heterocycles. The fourth-order valence-corrected chi connectivity index (χ4v) is 5.41. The first-order valence-corrected chi connectivity index (χ1v) is 12.9. The van der Waals surface area contributed by atoms with Crippen LogP contribution in [0.5, 0.6) is 0 Å². The maximum absolute atomic E-state index is 12.2. The van der Waals surface area contributed by atoms with E-state index in [1.807, 2.05) is 24.0 Å². The molecule has 3 nitrogen and oxygen atoms in total. The minimum absolute atomic E-state index is 0.0704. The topological polar surface area (TPSA) is 29.5 Å². The summed E-state index contributed by atoms with van der Waals surface area (Å²) in [4.78, 5) is 14.0. The van der Waals surface area contributed by atoms with Gasteiger partial charge in [-0.2, -0.15) is 0 Å². The third-order valence-corrected chi connectivity index (χ3v) is 11.3. The van der Waals surface area contributed by atoms with Crippen molar-refractivity contribution in [2.75, 3.05) is 0 Å². The zero-order valence-electron chi connectivity index (χ0n) is 16.3. The summed E-state index contributed by atoms with van der Waals surface area (Å²) in [5.74, 6) is 0.149. The van der Waals surface area contributed by atoms with Gasteiger partial charge in [0.05, 0.1) is 16.0 Å². The molecule has 1 saturated heterocycles. The van der Waals surface area contributed by atoms with Crippen molar-refractivity contribution in [2.24, 2.45) is 0 Å². The molecule has 25 heavy (non-hydrogen) atoms. The van der Waals surface area contributed by atoms with Crippen molar-refractivity contribution in [2.45, 2.75) is 70.8 Å². The van der Waals surface area contributed by atoms with Crippen molar-refractivity contribution in [1.82, 2.24) is 4.90 Å². The zero-order valence-corrected chi connectivity index (χ0v) is 18.9. The fraction of sp³-hybridized carbons (Fsp3) is 0.579. The molecule has 0 aliphatic carbocycles. The Hall–Kier alpha value is -0.693. The number of likely N-dealkylation sites (tertiary alicyclic amines) is 1. The number of amides is 1. The predicted molar refractivity (Wildman–Crippen MR) is 113 cm³/mol. The van der Waals surface area contributed by atoms with Gasteiger partial charge in [0.25, 0.3) is 0 Å². The van der Waals surface area contributed by atoms with Gasteiger partial charge in [-0.15, -0.1) is 0 Å². The van der Waals surface area contributed by atoms with Gasteiger partial charge in [0.2, 0.25) is 5.91 Å². The molecule has 2 rings (SSSR count). The molecule has 1 fully saturated rings. The minimum Gasteiger partial charge on any atom is -0.397 e. The average molecular weight is 396 g/mol. The summed E-state index contributed by atoms with van der Waals surface area (Å²) in [6, 6.07) is 8.22. The molecule has 0 N–H and O–H groups in total. The van der Waals surface area contributed by atoms with Crippen molar-refractivity contribution in [3.63, 3.8) is 0 Å². The molecule has 1 aliphatic heterocycles. The lowest BCUT2D eigenvalue weighted by molar-refractivity contribution is -0.153. The van der Waals surface area contributed by atoms with E-state index < -0.39 is 8.32 Å². The maximum atomic E-state index is 12.2. The summed E-state index contributed by atoms with van der Waals surface area (Å²) in [6.45, 7) is 15.1. The van der Waals surface area contributed by atoms with Gasteiger partial charge in [0.1, 0.15) is 6.23 Å². The quantitative estimate of drug-likeness (QED) is 0.383. The third kappa shape index (κ3) is 4.73. The smallest absolute Gasteiger partial charge is 0.228 e. The number of thioether (sulfide) groups is 1. The van der Waals surface area contributed by atoms with Gasteiger partial charge in [-0.05, 0) is 37.5 Å². The zero-order chi connectivity index (χ0) is 19.0. The number of carbonyl (C=O) groups is 1. The van der Waals surface area contributed by atoms with E-state index in [4.69, 9.17) is 16.6 Å². The van der Waals surface area contributed by atoms with Crippen molar-refractivity contribution in [3.8, 4) is 0 Å². The molecular formula is C19H29NO2S2Si. The summed E-state index contributed by atoms with van der Waals surface area (Å²) in [7, 11) is -1.92. The van der Waals surface area contributed by atoms with Gasteiger partial charge in [-0.1, -0.05) is 74.6 Å². The van der Waals surface area contributed by atoms with Gasteiger partial charge in [-0.3, -0.25) is 4.79 Å². The molecule has 1 aromatic rings. The van der Waals surface area contributed by atoms with Gasteiger partial charge < -0.3 is 9.33 Å². The van der Waals surface area contributed by atoms with Crippen LogP contribution in [0.4, 0.5) is 0 Å². The largest absolute Gasteiger partial charge is 0.397 e. The first-order valence-electron chi connectivity index (χ1n) is 8.69. The molecular weight excluding hydrogens is 366 g/mol. The third-order valence-electron chi connectivity index (χ3n) is 5.14. The number of aryl methyl sites for hydroxylation is 1. The second kappa shape index (κ2) is 7.51. The van der Waals surface area contributed by atoms with E-state index in [2.05, 4.69) is 52.9 Å². The number of benzene rings is 1. The Morgan fingerprint density at radius 1 is 1.32 bits per heavy atom. The van der Waals surface area contributed by atoms with E-state index in [1.165, 1.54) is 5.56 Å². The van der Waals surface area contributed by atoms with Crippen LogP contribution in [-0.4, -0.2) is 34.9 Å². The lowest BCUT2D eigenvalue weighted by atomic mass is 10.2. The van der Waals surface area contributed by atoms with Gasteiger partial charge in [-0.25, -0.2) is 0 Å². The highest BCUT2D eigenvalue weighted by Crippen LogP contribution is 2.40. The Labute approximate surface area is 162 Å². The van der Waals surface area contributed by atoms with Crippen LogP contribution in [0.3, 0.4) is 0 Å². The molecule has 1 amide bonds. The lowest BCUT2D eigenvalue weighted by Gasteiger charge is -2.47. The molecule has 0 saturated carbocycles.